The van der Waals surface area contributed by atoms with Crippen LogP contribution < -0.4 is 25.1 Å². The minimum atomic E-state index is -0.784. The van der Waals surface area contributed by atoms with Gasteiger partial charge >= 0.3 is 5.69 Å². The largest absolute Gasteiger partial charge is 0.490 e. The summed E-state index contributed by atoms with van der Waals surface area (Å²) >= 11 is 6.22. The van der Waals surface area contributed by atoms with Crippen LogP contribution in [0.2, 0.25) is 5.02 Å². The molecule has 0 saturated carbocycles. The van der Waals surface area contributed by atoms with Gasteiger partial charge in [0.15, 0.2) is 11.5 Å². The van der Waals surface area contributed by atoms with E-state index in [1.165, 1.54) is 30.5 Å². The van der Waals surface area contributed by atoms with Crippen molar-refractivity contribution in [2.75, 3.05) is 24.6 Å². The maximum atomic E-state index is 13.3. The molecule has 4 aromatic carbocycles. The van der Waals surface area contributed by atoms with Crippen molar-refractivity contribution in [3.05, 3.63) is 133 Å². The number of hydrazone groups is 1. The van der Waals surface area contributed by atoms with Crippen LogP contribution in [-0.4, -0.2) is 47.6 Å². The molecule has 0 aliphatic rings. The molecule has 0 aliphatic heterocycles. The first-order valence-corrected chi connectivity index (χ1v) is 15.8. The Labute approximate surface area is 292 Å². The lowest BCUT2D eigenvalue weighted by Gasteiger charge is -2.21. The molecule has 0 aromatic heterocycles. The topological polar surface area (TPSA) is 179 Å². The number of benzene rings is 4. The fraction of sp³-hybridized carbons (Fsp3) is 0.171. The second-order valence-electron chi connectivity index (χ2n) is 10.4. The third-order valence-electron chi connectivity index (χ3n) is 7.16. The monoisotopic (exact) mass is 700 g/mol. The Bertz CT molecular complexity index is 1940. The number of halogens is 1. The van der Waals surface area contributed by atoms with Crippen LogP contribution in [0.3, 0.4) is 0 Å². The number of rotatable bonds is 15. The highest BCUT2D eigenvalue weighted by atomic mass is 35.5. The highest BCUT2D eigenvalue weighted by Gasteiger charge is 2.22. The molecular weight excluding hydrogens is 668 g/mol. The van der Waals surface area contributed by atoms with Gasteiger partial charge in [0.1, 0.15) is 5.70 Å². The van der Waals surface area contributed by atoms with Gasteiger partial charge in [-0.05, 0) is 86.5 Å². The lowest BCUT2D eigenvalue weighted by molar-refractivity contribution is -0.394. The third-order valence-corrected chi connectivity index (χ3v) is 7.49. The lowest BCUT2D eigenvalue weighted by Crippen LogP contribution is -2.33. The number of carbonyl (C=O) groups excluding carboxylic acids is 2. The number of carbonyl (C=O) groups is 2. The highest BCUT2D eigenvalue weighted by Crippen LogP contribution is 2.38. The van der Waals surface area contributed by atoms with Crippen molar-refractivity contribution in [1.29, 1.82) is 0 Å². The van der Waals surface area contributed by atoms with Crippen LogP contribution in [0.4, 0.5) is 17.1 Å². The summed E-state index contributed by atoms with van der Waals surface area (Å²) < 4.78 is 11.4. The number of nitrogens with zero attached hydrogens (tertiary/aromatic N) is 4. The number of nitro groups is 2. The molecule has 50 heavy (non-hydrogen) atoms. The summed E-state index contributed by atoms with van der Waals surface area (Å²) in [6.45, 7) is 7.71. The molecule has 0 atom stereocenters. The number of anilines is 1. The third kappa shape index (κ3) is 9.41. The van der Waals surface area contributed by atoms with Gasteiger partial charge in [-0.25, -0.2) is 5.43 Å². The Hall–Kier alpha value is -6.28. The van der Waals surface area contributed by atoms with Gasteiger partial charge in [0.05, 0.1) is 39.3 Å². The first-order valence-electron chi connectivity index (χ1n) is 15.4. The van der Waals surface area contributed by atoms with E-state index in [-0.39, 0.29) is 40.1 Å². The predicted molar refractivity (Wildman–Crippen MR) is 190 cm³/mol. The molecule has 4 aromatic rings. The van der Waals surface area contributed by atoms with Crippen molar-refractivity contribution < 1.29 is 28.9 Å². The van der Waals surface area contributed by atoms with Crippen molar-refractivity contribution in [2.24, 2.45) is 5.10 Å². The van der Waals surface area contributed by atoms with Gasteiger partial charge in [-0.1, -0.05) is 35.9 Å². The fourth-order valence-corrected chi connectivity index (χ4v) is 4.90. The second kappa shape index (κ2) is 17.2. The summed E-state index contributed by atoms with van der Waals surface area (Å²) in [5.74, 6) is -1.24. The van der Waals surface area contributed by atoms with E-state index in [0.717, 1.165) is 37.0 Å². The summed E-state index contributed by atoms with van der Waals surface area (Å²) in [4.78, 5) is 49.7. The molecule has 2 N–H and O–H groups in total. The Balaban J connectivity index is 1.57. The number of nitrogens with one attached hydrogen (secondary N) is 2. The zero-order valence-corrected chi connectivity index (χ0v) is 28.0. The SMILES string of the molecule is CCOc1cc(C=NNC(=O)C(=Cc2ccc(N(CC)CC)cc2)NC(=O)c2ccccc2Cl)ccc1Oc1ccc([N+](=O)[O-])cc1[N+](=O)[O-]. The molecule has 0 bridgehead atoms. The Morgan fingerprint density at radius 1 is 0.860 bits per heavy atom. The Kier molecular flexibility index (Phi) is 12.6. The van der Waals surface area contributed by atoms with Gasteiger partial charge < -0.3 is 19.7 Å². The molecule has 0 spiro atoms. The average Bonchev–Trinajstić information content (AvgIpc) is 3.10. The molecule has 0 aliphatic carbocycles. The van der Waals surface area contributed by atoms with Crippen molar-refractivity contribution >= 4 is 52.8 Å². The Morgan fingerprint density at radius 2 is 1.54 bits per heavy atom. The summed E-state index contributed by atoms with van der Waals surface area (Å²) in [5.41, 5.74) is 3.56. The van der Waals surface area contributed by atoms with Crippen LogP contribution in [0, 0.1) is 20.2 Å². The minimum absolute atomic E-state index is 0.0916. The fourth-order valence-electron chi connectivity index (χ4n) is 4.68. The van der Waals surface area contributed by atoms with E-state index in [1.807, 2.05) is 24.3 Å². The molecular formula is C35H33ClN6O8. The van der Waals surface area contributed by atoms with Gasteiger partial charge in [0, 0.05) is 24.8 Å². The summed E-state index contributed by atoms with van der Waals surface area (Å²) in [6.07, 6.45) is 2.84. The summed E-state index contributed by atoms with van der Waals surface area (Å²) in [5, 5.41) is 29.5. The van der Waals surface area contributed by atoms with Crippen LogP contribution in [0.5, 0.6) is 17.2 Å². The summed E-state index contributed by atoms with van der Waals surface area (Å²) in [7, 11) is 0. The van der Waals surface area contributed by atoms with Crippen molar-refractivity contribution in [3.8, 4) is 17.2 Å². The number of hydrogen-bond acceptors (Lipinski definition) is 10. The average molecular weight is 701 g/mol. The number of hydrogen-bond donors (Lipinski definition) is 2. The van der Waals surface area contributed by atoms with Gasteiger partial charge in [-0.2, -0.15) is 5.10 Å². The number of ether oxygens (including phenoxy) is 2. The quantitative estimate of drug-likeness (QED) is 0.0565. The Morgan fingerprint density at radius 3 is 2.18 bits per heavy atom. The second-order valence-corrected chi connectivity index (χ2v) is 10.8. The normalized spacial score (nSPS) is 11.2. The van der Waals surface area contributed by atoms with E-state index in [0.29, 0.717) is 11.1 Å². The molecule has 0 radical (unpaired) electrons. The molecule has 4 rings (SSSR count). The molecule has 15 heteroatoms. The van der Waals surface area contributed by atoms with Crippen LogP contribution in [0.1, 0.15) is 42.3 Å². The van der Waals surface area contributed by atoms with E-state index in [9.17, 15) is 29.8 Å². The molecule has 258 valence electrons. The van der Waals surface area contributed by atoms with Gasteiger partial charge in [-0.3, -0.25) is 29.8 Å². The van der Waals surface area contributed by atoms with Crippen LogP contribution in [0.25, 0.3) is 6.08 Å². The first-order chi connectivity index (χ1) is 24.0. The number of amides is 2. The van der Waals surface area contributed by atoms with Crippen LogP contribution in [0.15, 0.2) is 95.7 Å². The van der Waals surface area contributed by atoms with Crippen molar-refractivity contribution in [1.82, 2.24) is 10.7 Å². The highest BCUT2D eigenvalue weighted by molar-refractivity contribution is 6.34. The van der Waals surface area contributed by atoms with Gasteiger partial charge in [0.2, 0.25) is 5.75 Å². The molecule has 0 fully saturated rings. The van der Waals surface area contributed by atoms with E-state index in [4.69, 9.17) is 21.1 Å². The van der Waals surface area contributed by atoms with Crippen molar-refractivity contribution in [2.45, 2.75) is 20.8 Å². The maximum absolute atomic E-state index is 13.3. The molecule has 0 saturated heterocycles. The molecule has 0 unspecified atom stereocenters. The maximum Gasteiger partial charge on any atom is 0.318 e. The van der Waals surface area contributed by atoms with Gasteiger partial charge in [-0.15, -0.1) is 0 Å². The molecule has 14 nitrogen and oxygen atoms in total. The zero-order valence-electron chi connectivity index (χ0n) is 27.3. The van der Waals surface area contributed by atoms with Gasteiger partial charge in [0.25, 0.3) is 17.5 Å². The first kappa shape index (κ1) is 36.6. The van der Waals surface area contributed by atoms with Crippen LogP contribution in [-0.2, 0) is 4.79 Å². The van der Waals surface area contributed by atoms with Crippen molar-refractivity contribution in [3.63, 3.8) is 0 Å². The van der Waals surface area contributed by atoms with E-state index in [2.05, 4.69) is 34.6 Å². The lowest BCUT2D eigenvalue weighted by atomic mass is 10.1. The van der Waals surface area contributed by atoms with E-state index < -0.39 is 33.0 Å². The standard InChI is InChI=1S/C35H33ClN6O8/c1-4-40(5-2)25-14-11-23(12-15-25)19-29(38-34(43)27-9-7-8-10-28(27)36)35(44)39-37-22-24-13-17-32(33(20-24)49-6-3)50-31-18-16-26(41(45)46)21-30(31)42(47)48/h7-22H,4-6H2,1-3H3,(H,38,43)(H,39,44). The molecule has 2 amide bonds. The van der Waals surface area contributed by atoms with E-state index >= 15 is 0 Å². The zero-order chi connectivity index (χ0) is 36.2. The van der Waals surface area contributed by atoms with Crippen LogP contribution >= 0.6 is 11.6 Å². The smallest absolute Gasteiger partial charge is 0.318 e. The summed E-state index contributed by atoms with van der Waals surface area (Å²) in [6, 6.07) is 21.5. The minimum Gasteiger partial charge on any atom is -0.490 e. The number of non-ortho nitro benzene ring substituents is 1. The predicted octanol–water partition coefficient (Wildman–Crippen LogP) is 7.11. The number of nitro benzene ring substituents is 2. The molecule has 0 heterocycles. The van der Waals surface area contributed by atoms with E-state index in [1.54, 1.807) is 31.2 Å².